The number of Topliss-reactive ketones (excluding diaryl/α,β-unsaturated/α-hetero) is 1. The van der Waals surface area contributed by atoms with Gasteiger partial charge in [0.05, 0.1) is 5.02 Å². The summed E-state index contributed by atoms with van der Waals surface area (Å²) in [5, 5.41) is 1.02. The summed E-state index contributed by atoms with van der Waals surface area (Å²) in [5.41, 5.74) is 3.77. The third kappa shape index (κ3) is 4.73. The number of hydrogen-bond donors (Lipinski definition) is 0. The first kappa shape index (κ1) is 21.7. The monoisotopic (exact) mass is 456 g/mol. The summed E-state index contributed by atoms with van der Waals surface area (Å²) < 4.78 is 26.5. The topological polar surface area (TPSA) is 17.1 Å². The molecule has 2 unspecified atom stereocenters. The lowest BCUT2D eigenvalue weighted by atomic mass is 9.81. The predicted molar refractivity (Wildman–Crippen MR) is 122 cm³/mol. The summed E-state index contributed by atoms with van der Waals surface area (Å²) in [6.45, 7) is 0. The summed E-state index contributed by atoms with van der Waals surface area (Å²) in [6, 6.07) is 21.6. The van der Waals surface area contributed by atoms with Crippen molar-refractivity contribution in [3.63, 3.8) is 0 Å². The van der Waals surface area contributed by atoms with E-state index in [9.17, 15) is 13.6 Å². The van der Waals surface area contributed by atoms with Crippen LogP contribution >= 0.6 is 23.2 Å². The summed E-state index contributed by atoms with van der Waals surface area (Å²) in [5.74, 6) is -0.847. The average molecular weight is 457 g/mol. The molecule has 0 radical (unpaired) electrons. The van der Waals surface area contributed by atoms with E-state index in [-0.39, 0.29) is 18.1 Å². The summed E-state index contributed by atoms with van der Waals surface area (Å²) in [6.07, 6.45) is -0.263. The molecule has 0 heterocycles. The highest BCUT2D eigenvalue weighted by atomic mass is 35.5. The first-order chi connectivity index (χ1) is 14.9. The highest BCUT2D eigenvalue weighted by Crippen LogP contribution is 2.45. The Morgan fingerprint density at radius 2 is 1.61 bits per heavy atom. The van der Waals surface area contributed by atoms with E-state index in [4.69, 9.17) is 23.2 Å². The maximum absolute atomic E-state index is 13.5. The molecule has 0 saturated heterocycles. The number of ketones is 1. The van der Waals surface area contributed by atoms with Crippen molar-refractivity contribution in [2.24, 2.45) is 5.92 Å². The van der Waals surface area contributed by atoms with Gasteiger partial charge in [0.15, 0.2) is 5.78 Å². The van der Waals surface area contributed by atoms with E-state index in [0.29, 0.717) is 27.6 Å². The van der Waals surface area contributed by atoms with E-state index in [1.54, 1.807) is 48.5 Å². The Bertz CT molecular complexity index is 1120. The Kier molecular flexibility index (Phi) is 6.54. The molecule has 1 nitrogen and oxygen atoms in total. The quantitative estimate of drug-likeness (QED) is 0.344. The number of carbonyl (C=O) groups is 1. The van der Waals surface area contributed by atoms with Crippen LogP contribution < -0.4 is 0 Å². The normalized spacial score (nSPS) is 18.3. The molecule has 0 fully saturated rings. The molecule has 0 bridgehead atoms. The van der Waals surface area contributed by atoms with Gasteiger partial charge in [0.1, 0.15) is 0 Å². The van der Waals surface area contributed by atoms with E-state index in [2.05, 4.69) is 0 Å². The van der Waals surface area contributed by atoms with Crippen LogP contribution in [0.2, 0.25) is 10.0 Å². The van der Waals surface area contributed by atoms with Gasteiger partial charge in [-0.15, -0.1) is 0 Å². The minimum atomic E-state index is -2.45. The van der Waals surface area contributed by atoms with Gasteiger partial charge in [0.25, 0.3) is 0 Å². The standard InChI is InChI=1S/C26H20Cl2F2O/c27-19-11-9-16(10-12-19)18-13-22(20-6-2-1-5-17(20)15-25(29)30)23(14-18)26(31)21-7-3-4-8-24(21)28/h1-12,14,22-23,25H,13,15H2. The number of rotatable bonds is 6. The van der Waals surface area contributed by atoms with Crippen LogP contribution in [-0.4, -0.2) is 12.2 Å². The van der Waals surface area contributed by atoms with E-state index >= 15 is 0 Å². The molecular weight excluding hydrogens is 437 g/mol. The van der Waals surface area contributed by atoms with Gasteiger partial charge in [-0.2, -0.15) is 0 Å². The second-order valence-corrected chi connectivity index (χ2v) is 8.52. The zero-order chi connectivity index (χ0) is 22.0. The lowest BCUT2D eigenvalue weighted by Crippen LogP contribution is -2.19. The van der Waals surface area contributed by atoms with Crippen LogP contribution in [0.25, 0.3) is 5.57 Å². The highest BCUT2D eigenvalue weighted by Gasteiger charge is 2.36. The molecule has 5 heteroatoms. The number of benzene rings is 3. The van der Waals surface area contributed by atoms with Crippen LogP contribution in [0.1, 0.15) is 39.4 Å². The van der Waals surface area contributed by atoms with Gasteiger partial charge >= 0.3 is 0 Å². The fourth-order valence-electron chi connectivity index (χ4n) is 4.29. The van der Waals surface area contributed by atoms with Crippen molar-refractivity contribution in [1.82, 2.24) is 0 Å². The van der Waals surface area contributed by atoms with Crippen molar-refractivity contribution in [3.05, 3.63) is 111 Å². The minimum absolute atomic E-state index is 0.105. The molecule has 1 aliphatic rings. The van der Waals surface area contributed by atoms with Crippen molar-refractivity contribution < 1.29 is 13.6 Å². The fraction of sp³-hybridized carbons (Fsp3) is 0.192. The average Bonchev–Trinajstić information content (AvgIpc) is 3.19. The molecule has 1 aliphatic carbocycles. The van der Waals surface area contributed by atoms with Crippen LogP contribution in [0.15, 0.2) is 78.9 Å². The van der Waals surface area contributed by atoms with Gasteiger partial charge in [-0.05, 0) is 52.9 Å². The lowest BCUT2D eigenvalue weighted by molar-refractivity contribution is 0.0934. The van der Waals surface area contributed by atoms with Crippen LogP contribution in [0.5, 0.6) is 0 Å². The SMILES string of the molecule is O=C(c1ccccc1Cl)C1C=C(c2ccc(Cl)cc2)CC1c1ccccc1CC(F)F. The summed E-state index contributed by atoms with van der Waals surface area (Å²) in [7, 11) is 0. The largest absolute Gasteiger partial charge is 0.293 e. The van der Waals surface area contributed by atoms with E-state index in [0.717, 1.165) is 16.7 Å². The van der Waals surface area contributed by atoms with Gasteiger partial charge in [0.2, 0.25) is 6.43 Å². The molecule has 0 saturated carbocycles. The van der Waals surface area contributed by atoms with Gasteiger partial charge in [0, 0.05) is 28.8 Å². The second-order valence-electron chi connectivity index (χ2n) is 7.67. The number of halogens is 4. The number of carbonyl (C=O) groups excluding carboxylic acids is 1. The molecule has 0 aliphatic heterocycles. The first-order valence-corrected chi connectivity index (χ1v) is 10.8. The Balaban J connectivity index is 1.78. The Morgan fingerprint density at radius 3 is 2.32 bits per heavy atom. The molecule has 2 atom stereocenters. The third-order valence-corrected chi connectivity index (χ3v) is 6.32. The van der Waals surface area contributed by atoms with Crippen molar-refractivity contribution >= 4 is 34.6 Å². The minimum Gasteiger partial charge on any atom is -0.293 e. The van der Waals surface area contributed by atoms with Gasteiger partial charge in [-0.3, -0.25) is 4.79 Å². The van der Waals surface area contributed by atoms with Crippen LogP contribution in [0, 0.1) is 5.92 Å². The van der Waals surface area contributed by atoms with Gasteiger partial charge < -0.3 is 0 Å². The van der Waals surface area contributed by atoms with E-state index in [1.165, 1.54) is 0 Å². The van der Waals surface area contributed by atoms with Crippen LogP contribution in [-0.2, 0) is 6.42 Å². The molecular formula is C26H20Cl2F2O. The summed E-state index contributed by atoms with van der Waals surface area (Å²) >= 11 is 12.3. The number of allylic oxidation sites excluding steroid dienone is 2. The third-order valence-electron chi connectivity index (χ3n) is 5.74. The van der Waals surface area contributed by atoms with Crippen molar-refractivity contribution in [3.8, 4) is 0 Å². The molecule has 158 valence electrons. The molecule has 0 N–H and O–H groups in total. The summed E-state index contributed by atoms with van der Waals surface area (Å²) in [4.78, 5) is 13.5. The lowest BCUT2D eigenvalue weighted by Gasteiger charge is -2.22. The highest BCUT2D eigenvalue weighted by molar-refractivity contribution is 6.34. The molecule has 3 aromatic carbocycles. The molecule has 0 spiro atoms. The van der Waals surface area contributed by atoms with Crippen molar-refractivity contribution in [2.75, 3.05) is 0 Å². The number of alkyl halides is 2. The van der Waals surface area contributed by atoms with Gasteiger partial charge in [-0.1, -0.05) is 77.8 Å². The Morgan fingerprint density at radius 1 is 0.935 bits per heavy atom. The fourth-order valence-corrected chi connectivity index (χ4v) is 4.65. The second kappa shape index (κ2) is 9.33. The van der Waals surface area contributed by atoms with Crippen LogP contribution in [0.4, 0.5) is 8.78 Å². The zero-order valence-electron chi connectivity index (χ0n) is 16.6. The van der Waals surface area contributed by atoms with Crippen molar-refractivity contribution in [2.45, 2.75) is 25.2 Å². The van der Waals surface area contributed by atoms with E-state index in [1.807, 2.05) is 30.3 Å². The van der Waals surface area contributed by atoms with Crippen LogP contribution in [0.3, 0.4) is 0 Å². The molecule has 0 amide bonds. The van der Waals surface area contributed by atoms with Crippen molar-refractivity contribution in [1.29, 1.82) is 0 Å². The maximum atomic E-state index is 13.5. The van der Waals surface area contributed by atoms with Gasteiger partial charge in [-0.25, -0.2) is 8.78 Å². The molecule has 4 rings (SSSR count). The van der Waals surface area contributed by atoms with E-state index < -0.39 is 12.3 Å². The zero-order valence-corrected chi connectivity index (χ0v) is 18.1. The Hall–Kier alpha value is -2.49. The molecule has 0 aromatic heterocycles. The molecule has 3 aromatic rings. The number of hydrogen-bond acceptors (Lipinski definition) is 1. The smallest absolute Gasteiger partial charge is 0.242 e. The first-order valence-electron chi connectivity index (χ1n) is 10.1. The predicted octanol–water partition coefficient (Wildman–Crippen LogP) is 7.87. The molecule has 31 heavy (non-hydrogen) atoms. The Labute approximate surface area is 190 Å². The maximum Gasteiger partial charge on any atom is 0.242 e.